The van der Waals surface area contributed by atoms with Gasteiger partial charge in [-0.25, -0.2) is 0 Å². The predicted octanol–water partition coefficient (Wildman–Crippen LogP) is 7.10. The van der Waals surface area contributed by atoms with Crippen LogP contribution in [0.4, 0.5) is 0 Å². The molecule has 0 unspecified atom stereocenters. The second-order valence-corrected chi connectivity index (χ2v) is 10.2. The lowest BCUT2D eigenvalue weighted by molar-refractivity contribution is 0.201. The Balaban J connectivity index is 1.53. The molecule has 0 saturated carbocycles. The van der Waals surface area contributed by atoms with E-state index in [1.165, 1.54) is 0 Å². The summed E-state index contributed by atoms with van der Waals surface area (Å²) >= 11 is 0. The molecule has 1 aliphatic rings. The van der Waals surface area contributed by atoms with Crippen molar-refractivity contribution in [2.45, 2.75) is 5.41 Å². The molecule has 1 aliphatic carbocycles. The Morgan fingerprint density at radius 3 is 1.44 bits per heavy atom. The van der Waals surface area contributed by atoms with Crippen molar-refractivity contribution in [2.24, 2.45) is 0 Å². The molecule has 0 heterocycles. The standard InChI is InChI=1S/C37H30O4/c38-17-19-40-31-15-11-25-21-29(13-9-27(25)23-31)37(35-7-3-1-5-33(35)34-6-2-4-8-36(34)37)30-14-10-28-24-32(41-20-18-39)16-12-26(28)22-30/h1-16,21-24,38-39H,17-20H2/i21D,22D. The molecule has 0 atom stereocenters. The van der Waals surface area contributed by atoms with E-state index in [0.717, 1.165) is 54.9 Å². The zero-order valence-electron chi connectivity index (χ0n) is 24.4. The number of hydrogen-bond donors (Lipinski definition) is 2. The maximum absolute atomic E-state index is 9.62. The Hall–Kier alpha value is -4.64. The third-order valence-electron chi connectivity index (χ3n) is 7.92. The first-order valence-corrected chi connectivity index (χ1v) is 13.8. The summed E-state index contributed by atoms with van der Waals surface area (Å²) in [5.41, 5.74) is 4.98. The van der Waals surface area contributed by atoms with Gasteiger partial charge in [0.2, 0.25) is 0 Å². The Morgan fingerprint density at radius 2 is 0.976 bits per heavy atom. The van der Waals surface area contributed by atoms with Gasteiger partial charge in [0.1, 0.15) is 24.7 Å². The maximum atomic E-state index is 9.62. The van der Waals surface area contributed by atoms with Gasteiger partial charge >= 0.3 is 0 Å². The van der Waals surface area contributed by atoms with Gasteiger partial charge in [-0.15, -0.1) is 0 Å². The van der Waals surface area contributed by atoms with E-state index in [4.69, 9.17) is 9.47 Å². The van der Waals surface area contributed by atoms with Crippen molar-refractivity contribution >= 4 is 21.5 Å². The first-order valence-electron chi connectivity index (χ1n) is 14.8. The second-order valence-electron chi connectivity index (χ2n) is 10.2. The average molecular weight is 541 g/mol. The SMILES string of the molecule is [2H]c1c(C2(c3ccc4cc(OCCO)ccc4c3[2H])c3ccccc3-c3ccccc32)ccc2cc(OCCO)ccc12. The molecule has 202 valence electrons. The van der Waals surface area contributed by atoms with Crippen molar-refractivity contribution in [1.29, 1.82) is 0 Å². The fourth-order valence-corrected chi connectivity index (χ4v) is 6.21. The first kappa shape index (κ1) is 23.1. The van der Waals surface area contributed by atoms with Crippen molar-refractivity contribution < 1.29 is 22.4 Å². The molecule has 0 bridgehead atoms. The van der Waals surface area contributed by atoms with E-state index >= 15 is 0 Å². The summed E-state index contributed by atoms with van der Waals surface area (Å²) in [6.45, 7) is 0.273. The smallest absolute Gasteiger partial charge is 0.120 e. The summed E-state index contributed by atoms with van der Waals surface area (Å²) in [5.74, 6) is 1.29. The van der Waals surface area contributed by atoms with Gasteiger partial charge in [0.15, 0.2) is 0 Å². The molecule has 0 aliphatic heterocycles. The molecular formula is C37H30O4. The number of rotatable bonds is 8. The Morgan fingerprint density at radius 1 is 0.537 bits per heavy atom. The number of aliphatic hydroxyl groups excluding tert-OH is 2. The van der Waals surface area contributed by atoms with Crippen molar-refractivity contribution in [3.8, 4) is 22.6 Å². The molecule has 0 radical (unpaired) electrons. The summed E-state index contributed by atoms with van der Waals surface area (Å²) < 4.78 is 30.5. The summed E-state index contributed by atoms with van der Waals surface area (Å²) in [5, 5.41) is 21.7. The molecular weight excluding hydrogens is 508 g/mol. The molecule has 6 aromatic carbocycles. The monoisotopic (exact) mass is 540 g/mol. The van der Waals surface area contributed by atoms with E-state index < -0.39 is 5.41 Å². The van der Waals surface area contributed by atoms with Crippen molar-refractivity contribution in [1.82, 2.24) is 0 Å². The largest absolute Gasteiger partial charge is 0.491 e. The van der Waals surface area contributed by atoms with Crippen molar-refractivity contribution in [3.63, 3.8) is 0 Å². The third kappa shape index (κ3) is 4.15. The minimum atomic E-state index is -0.901. The van der Waals surface area contributed by atoms with Crippen molar-refractivity contribution in [3.05, 3.63) is 144 Å². The molecule has 0 amide bonds. The molecule has 4 nitrogen and oxygen atoms in total. The zero-order valence-corrected chi connectivity index (χ0v) is 22.4. The number of hydrogen-bond acceptors (Lipinski definition) is 4. The van der Waals surface area contributed by atoms with Crippen molar-refractivity contribution in [2.75, 3.05) is 26.4 Å². The zero-order chi connectivity index (χ0) is 29.6. The number of fused-ring (bicyclic) bond motifs is 5. The van der Waals surface area contributed by atoms with Gasteiger partial charge in [-0.1, -0.05) is 84.9 Å². The van der Waals surface area contributed by atoms with E-state index in [2.05, 4.69) is 24.3 Å². The van der Waals surface area contributed by atoms with E-state index in [-0.39, 0.29) is 26.4 Å². The second kappa shape index (κ2) is 10.4. The molecule has 0 spiro atoms. The van der Waals surface area contributed by atoms with Gasteiger partial charge in [0.25, 0.3) is 0 Å². The predicted molar refractivity (Wildman–Crippen MR) is 164 cm³/mol. The third-order valence-corrected chi connectivity index (χ3v) is 7.92. The molecule has 4 heteroatoms. The van der Waals surface area contributed by atoms with E-state index in [1.807, 2.05) is 84.9 Å². The Bertz CT molecular complexity index is 1860. The number of ether oxygens (including phenoxy) is 2. The van der Waals surface area contributed by atoms with Crippen LogP contribution in [0.5, 0.6) is 11.5 Å². The summed E-state index contributed by atoms with van der Waals surface area (Å²) in [6.07, 6.45) is 0. The van der Waals surface area contributed by atoms with Crippen LogP contribution in [0.3, 0.4) is 0 Å². The minimum absolute atomic E-state index is 0.0692. The van der Waals surface area contributed by atoms with Crippen LogP contribution < -0.4 is 9.47 Å². The van der Waals surface area contributed by atoms with E-state index in [1.54, 1.807) is 0 Å². The highest BCUT2D eigenvalue weighted by Gasteiger charge is 2.46. The van der Waals surface area contributed by atoms with Crippen LogP contribution >= 0.6 is 0 Å². The van der Waals surface area contributed by atoms with Crippen LogP contribution in [0.2, 0.25) is 0 Å². The highest BCUT2D eigenvalue weighted by Crippen LogP contribution is 2.56. The lowest BCUT2D eigenvalue weighted by Gasteiger charge is -2.34. The lowest BCUT2D eigenvalue weighted by atomic mass is 9.67. The minimum Gasteiger partial charge on any atom is -0.491 e. The highest BCUT2D eigenvalue weighted by molar-refractivity contribution is 5.92. The molecule has 2 N–H and O–H groups in total. The molecule has 7 rings (SSSR count). The van der Waals surface area contributed by atoms with Gasteiger partial charge in [-0.2, -0.15) is 0 Å². The van der Waals surface area contributed by atoms with Crippen LogP contribution in [0.15, 0.2) is 121 Å². The Labute approximate surface area is 241 Å². The normalized spacial score (nSPS) is 13.9. The molecule has 0 aromatic heterocycles. The first-order chi connectivity index (χ1) is 21.1. The van der Waals surface area contributed by atoms with Crippen LogP contribution in [0, 0.1) is 0 Å². The fraction of sp³-hybridized carbons (Fsp3) is 0.135. The topological polar surface area (TPSA) is 58.9 Å². The molecule has 0 saturated heterocycles. The molecule has 0 fully saturated rings. The summed E-state index contributed by atoms with van der Waals surface area (Å²) in [4.78, 5) is 0. The molecule has 41 heavy (non-hydrogen) atoms. The number of aliphatic hydroxyl groups is 2. The lowest BCUT2D eigenvalue weighted by Crippen LogP contribution is -2.28. The Kier molecular flexibility index (Phi) is 5.86. The highest BCUT2D eigenvalue weighted by atomic mass is 16.5. The van der Waals surface area contributed by atoms with Crippen LogP contribution in [0.1, 0.15) is 25.0 Å². The average Bonchev–Trinajstić information content (AvgIpc) is 3.34. The van der Waals surface area contributed by atoms with Crippen LogP contribution in [-0.2, 0) is 5.41 Å². The van der Waals surface area contributed by atoms with Crippen LogP contribution in [-0.4, -0.2) is 36.6 Å². The van der Waals surface area contributed by atoms with E-state index in [9.17, 15) is 13.0 Å². The quantitative estimate of drug-likeness (QED) is 0.216. The van der Waals surface area contributed by atoms with Gasteiger partial charge in [-0.3, -0.25) is 0 Å². The van der Waals surface area contributed by atoms with Gasteiger partial charge < -0.3 is 19.7 Å². The van der Waals surface area contributed by atoms with Gasteiger partial charge in [0.05, 0.1) is 21.4 Å². The number of benzene rings is 6. The summed E-state index contributed by atoms with van der Waals surface area (Å²) in [7, 11) is 0. The maximum Gasteiger partial charge on any atom is 0.120 e. The van der Waals surface area contributed by atoms with Gasteiger partial charge in [0, 0.05) is 0 Å². The van der Waals surface area contributed by atoms with Gasteiger partial charge in [-0.05, 0) is 91.3 Å². The summed E-state index contributed by atoms with van der Waals surface area (Å²) in [6, 6.07) is 36.8. The van der Waals surface area contributed by atoms with E-state index in [0.29, 0.717) is 23.6 Å². The fourth-order valence-electron chi connectivity index (χ4n) is 6.21. The van der Waals surface area contributed by atoms with Crippen LogP contribution in [0.25, 0.3) is 32.7 Å². The molecule has 6 aromatic rings.